The number of aryl methyl sites for hydroxylation is 1. The van der Waals surface area contributed by atoms with Gasteiger partial charge in [0.15, 0.2) is 11.7 Å². The topological polar surface area (TPSA) is 104 Å². The number of thiazole rings is 1. The van der Waals surface area contributed by atoms with Gasteiger partial charge in [-0.15, -0.1) is 16.4 Å². The third-order valence-corrected chi connectivity index (χ3v) is 4.19. The first kappa shape index (κ1) is 16.2. The lowest BCUT2D eigenvalue weighted by Crippen LogP contribution is -2.38. The number of furan rings is 1. The molecule has 0 unspecified atom stereocenters. The molecule has 0 amide bonds. The van der Waals surface area contributed by atoms with Gasteiger partial charge in [-0.3, -0.25) is 10.1 Å². The lowest BCUT2D eigenvalue weighted by atomic mass is 10.4. The van der Waals surface area contributed by atoms with E-state index in [9.17, 15) is 0 Å². The lowest BCUT2D eigenvalue weighted by Gasteiger charge is -2.09. The first-order valence-electron chi connectivity index (χ1n) is 7.55. The largest absolute Gasteiger partial charge is 0.461 e. The zero-order valence-corrected chi connectivity index (χ0v) is 14.4. The molecule has 0 atom stereocenters. The zero-order valence-electron chi connectivity index (χ0n) is 13.5. The van der Waals surface area contributed by atoms with E-state index < -0.39 is 0 Å². The summed E-state index contributed by atoms with van der Waals surface area (Å²) in [6.07, 6.45) is 4.36. The Morgan fingerprint density at radius 1 is 1.42 bits per heavy atom. The Morgan fingerprint density at radius 3 is 3.04 bits per heavy atom. The number of H-pyrrole nitrogens is 1. The van der Waals surface area contributed by atoms with Gasteiger partial charge in [0.25, 0.3) is 0 Å². The van der Waals surface area contributed by atoms with E-state index in [0.717, 1.165) is 18.0 Å². The first-order chi connectivity index (χ1) is 11.7. The maximum Gasteiger partial charge on any atom is 0.216 e. The quantitative estimate of drug-likeness (QED) is 0.464. The van der Waals surface area contributed by atoms with Crippen molar-refractivity contribution in [2.45, 2.75) is 19.9 Å². The Kier molecular flexibility index (Phi) is 5.22. The van der Waals surface area contributed by atoms with E-state index in [2.05, 4.69) is 42.7 Å². The van der Waals surface area contributed by atoms with Crippen molar-refractivity contribution in [1.29, 1.82) is 0 Å². The summed E-state index contributed by atoms with van der Waals surface area (Å²) in [5.74, 6) is 2.59. The van der Waals surface area contributed by atoms with Crippen LogP contribution >= 0.6 is 11.3 Å². The summed E-state index contributed by atoms with van der Waals surface area (Å²) >= 11 is 1.72. The molecule has 0 radical (unpaired) electrons. The second-order valence-corrected chi connectivity index (χ2v) is 6.37. The molecule has 0 aliphatic carbocycles. The standard InChI is InChI=1S/C15H19N7OS/c1-10-8-18-13(24-10)5-6-17-15(16-2)19-9-12-20-14(22-21-12)11-4-3-7-23-11/h3-4,7-8H,5-6,9H2,1-2H3,(H2,16,17,19)(H,20,21,22). The summed E-state index contributed by atoms with van der Waals surface area (Å²) < 4.78 is 5.27. The first-order valence-corrected chi connectivity index (χ1v) is 8.37. The van der Waals surface area contributed by atoms with E-state index in [4.69, 9.17) is 4.42 Å². The van der Waals surface area contributed by atoms with Crippen LogP contribution in [-0.4, -0.2) is 39.7 Å². The van der Waals surface area contributed by atoms with Crippen LogP contribution in [-0.2, 0) is 13.0 Å². The van der Waals surface area contributed by atoms with Gasteiger partial charge in [-0.25, -0.2) is 9.97 Å². The predicted molar refractivity (Wildman–Crippen MR) is 92.8 cm³/mol. The number of aromatic amines is 1. The van der Waals surface area contributed by atoms with Crippen LogP contribution in [0.1, 0.15) is 15.7 Å². The van der Waals surface area contributed by atoms with Gasteiger partial charge in [0.2, 0.25) is 5.82 Å². The van der Waals surface area contributed by atoms with Gasteiger partial charge in [0.05, 0.1) is 17.8 Å². The van der Waals surface area contributed by atoms with Crippen molar-refractivity contribution < 1.29 is 4.42 Å². The second-order valence-electron chi connectivity index (χ2n) is 5.05. The summed E-state index contributed by atoms with van der Waals surface area (Å²) in [6, 6.07) is 3.63. The number of nitrogens with one attached hydrogen (secondary N) is 3. The van der Waals surface area contributed by atoms with Crippen molar-refractivity contribution >= 4 is 17.3 Å². The molecule has 0 bridgehead atoms. The summed E-state index contributed by atoms with van der Waals surface area (Å²) in [5, 5.41) is 14.6. The van der Waals surface area contributed by atoms with Gasteiger partial charge in [0.1, 0.15) is 5.82 Å². The molecule has 3 aromatic rings. The smallest absolute Gasteiger partial charge is 0.216 e. The van der Waals surface area contributed by atoms with E-state index in [1.165, 1.54) is 4.88 Å². The fourth-order valence-corrected chi connectivity index (χ4v) is 2.87. The highest BCUT2D eigenvalue weighted by Gasteiger charge is 2.08. The van der Waals surface area contributed by atoms with E-state index in [-0.39, 0.29) is 0 Å². The van der Waals surface area contributed by atoms with E-state index in [1.54, 1.807) is 30.7 Å². The molecular formula is C15H19N7OS. The van der Waals surface area contributed by atoms with Crippen LogP contribution in [0.5, 0.6) is 0 Å². The third kappa shape index (κ3) is 4.19. The van der Waals surface area contributed by atoms with Crippen LogP contribution in [0.2, 0.25) is 0 Å². The molecule has 3 heterocycles. The van der Waals surface area contributed by atoms with Crippen molar-refractivity contribution in [3.63, 3.8) is 0 Å². The molecule has 24 heavy (non-hydrogen) atoms. The minimum absolute atomic E-state index is 0.490. The van der Waals surface area contributed by atoms with Crippen LogP contribution in [0, 0.1) is 6.92 Å². The van der Waals surface area contributed by atoms with Crippen LogP contribution < -0.4 is 10.6 Å². The minimum atomic E-state index is 0.490. The van der Waals surface area contributed by atoms with E-state index in [1.807, 2.05) is 12.3 Å². The van der Waals surface area contributed by atoms with Crippen LogP contribution in [0.25, 0.3) is 11.6 Å². The molecule has 0 fully saturated rings. The highest BCUT2D eigenvalue weighted by molar-refractivity contribution is 7.11. The number of hydrogen-bond donors (Lipinski definition) is 3. The van der Waals surface area contributed by atoms with E-state index in [0.29, 0.717) is 29.9 Å². The minimum Gasteiger partial charge on any atom is -0.461 e. The van der Waals surface area contributed by atoms with Crippen molar-refractivity contribution in [2.75, 3.05) is 13.6 Å². The Labute approximate surface area is 143 Å². The molecule has 3 rings (SSSR count). The summed E-state index contributed by atoms with van der Waals surface area (Å²) in [7, 11) is 1.73. The Balaban J connectivity index is 1.46. The van der Waals surface area contributed by atoms with Gasteiger partial charge in [-0.2, -0.15) is 0 Å². The Hall–Kier alpha value is -2.68. The molecule has 0 saturated carbocycles. The van der Waals surface area contributed by atoms with Gasteiger partial charge >= 0.3 is 0 Å². The summed E-state index contributed by atoms with van der Waals surface area (Å²) in [5.41, 5.74) is 0. The molecule has 0 saturated heterocycles. The number of aliphatic imine (C=N–C) groups is 1. The molecule has 3 N–H and O–H groups in total. The van der Waals surface area contributed by atoms with Gasteiger partial charge in [-0.05, 0) is 19.1 Å². The number of aromatic nitrogens is 4. The molecule has 0 spiro atoms. The van der Waals surface area contributed by atoms with Crippen molar-refractivity contribution in [2.24, 2.45) is 4.99 Å². The third-order valence-electron chi connectivity index (χ3n) is 3.22. The molecule has 8 nitrogen and oxygen atoms in total. The van der Waals surface area contributed by atoms with Crippen LogP contribution in [0.4, 0.5) is 0 Å². The number of rotatable bonds is 6. The Morgan fingerprint density at radius 2 is 2.33 bits per heavy atom. The molecule has 0 aliphatic heterocycles. The molecule has 9 heteroatoms. The molecule has 0 aliphatic rings. The van der Waals surface area contributed by atoms with Gasteiger partial charge in [-0.1, -0.05) is 0 Å². The number of nitrogens with zero attached hydrogens (tertiary/aromatic N) is 4. The molecule has 3 aromatic heterocycles. The fraction of sp³-hybridized carbons (Fsp3) is 0.333. The summed E-state index contributed by atoms with van der Waals surface area (Å²) in [4.78, 5) is 14.1. The predicted octanol–water partition coefficient (Wildman–Crippen LogP) is 1.74. The maximum absolute atomic E-state index is 5.27. The zero-order chi connectivity index (χ0) is 16.8. The highest BCUT2D eigenvalue weighted by atomic mass is 32.1. The Bertz CT molecular complexity index is 790. The van der Waals surface area contributed by atoms with Crippen molar-refractivity contribution in [1.82, 2.24) is 30.8 Å². The van der Waals surface area contributed by atoms with Crippen molar-refractivity contribution in [3.05, 3.63) is 40.3 Å². The van der Waals surface area contributed by atoms with Gasteiger partial charge < -0.3 is 15.1 Å². The van der Waals surface area contributed by atoms with E-state index >= 15 is 0 Å². The monoisotopic (exact) mass is 345 g/mol. The lowest BCUT2D eigenvalue weighted by molar-refractivity contribution is 0.577. The fourth-order valence-electron chi connectivity index (χ4n) is 2.08. The number of guanidine groups is 1. The van der Waals surface area contributed by atoms with Crippen molar-refractivity contribution in [3.8, 4) is 11.6 Å². The molecular weight excluding hydrogens is 326 g/mol. The number of hydrogen-bond acceptors (Lipinski definition) is 6. The van der Waals surface area contributed by atoms with Crippen LogP contribution in [0.3, 0.4) is 0 Å². The van der Waals surface area contributed by atoms with Gasteiger partial charge in [0, 0.05) is 31.1 Å². The normalized spacial score (nSPS) is 11.7. The highest BCUT2D eigenvalue weighted by Crippen LogP contribution is 2.14. The second kappa shape index (κ2) is 7.73. The summed E-state index contributed by atoms with van der Waals surface area (Å²) in [6.45, 7) is 3.31. The molecule has 0 aromatic carbocycles. The molecule has 126 valence electrons. The average Bonchev–Trinajstić information content (AvgIpc) is 3.32. The maximum atomic E-state index is 5.27. The average molecular weight is 345 g/mol. The SMILES string of the molecule is CN=C(NCCc1ncc(C)s1)NCc1nc(-c2ccco2)n[nH]1. The van der Waals surface area contributed by atoms with Crippen LogP contribution in [0.15, 0.2) is 34.0 Å².